The number of amides is 1. The lowest BCUT2D eigenvalue weighted by atomic mass is 10.0. The predicted molar refractivity (Wildman–Crippen MR) is 97.0 cm³/mol. The Morgan fingerprint density at radius 1 is 1.08 bits per heavy atom. The number of rotatable bonds is 3. The average Bonchev–Trinajstić information content (AvgIpc) is 3.32. The first kappa shape index (κ1) is 16.3. The maximum absolute atomic E-state index is 12.6. The molecule has 25 heavy (non-hydrogen) atoms. The summed E-state index contributed by atoms with van der Waals surface area (Å²) in [5.41, 5.74) is 2.29. The van der Waals surface area contributed by atoms with Gasteiger partial charge in [-0.2, -0.15) is 0 Å². The van der Waals surface area contributed by atoms with Crippen molar-refractivity contribution in [3.63, 3.8) is 0 Å². The lowest BCUT2D eigenvalue weighted by molar-refractivity contribution is -0.136. The van der Waals surface area contributed by atoms with E-state index in [0.29, 0.717) is 17.9 Å². The molecule has 0 atom stereocenters. The number of hydrogen-bond acceptors (Lipinski definition) is 3. The number of nitrogens with zero attached hydrogens (tertiary/aromatic N) is 4. The summed E-state index contributed by atoms with van der Waals surface area (Å²) in [5.74, 6) is 1.70. The minimum Gasteiger partial charge on any atom is -0.342 e. The first-order valence-electron chi connectivity index (χ1n) is 9.47. The van der Waals surface area contributed by atoms with Crippen LogP contribution < -0.4 is 0 Å². The van der Waals surface area contributed by atoms with E-state index < -0.39 is 0 Å². The zero-order valence-electron chi connectivity index (χ0n) is 14.9. The Hall–Kier alpha value is -2.17. The second-order valence-electron chi connectivity index (χ2n) is 7.37. The summed E-state index contributed by atoms with van der Waals surface area (Å²) in [4.78, 5) is 23.5. The third-order valence-corrected chi connectivity index (χ3v) is 5.77. The first-order valence-corrected chi connectivity index (χ1v) is 9.47. The van der Waals surface area contributed by atoms with Gasteiger partial charge < -0.3 is 9.47 Å². The van der Waals surface area contributed by atoms with Crippen molar-refractivity contribution in [2.24, 2.45) is 5.92 Å². The Bertz CT molecular complexity index is 725. The number of piperidine rings is 1. The summed E-state index contributed by atoms with van der Waals surface area (Å²) < 4.78 is 2.35. The smallest absolute Gasteiger partial charge is 0.225 e. The molecule has 2 fully saturated rings. The SMILES string of the molecule is Cc1cnc(-c2ccncc2)n1C1CCN(C(=O)C2CCCC2)CC1. The van der Waals surface area contributed by atoms with Gasteiger partial charge in [-0.15, -0.1) is 0 Å². The molecule has 1 saturated heterocycles. The first-order chi connectivity index (χ1) is 12.2. The summed E-state index contributed by atoms with van der Waals surface area (Å²) in [5, 5.41) is 0. The number of carbonyl (C=O) groups is 1. The number of likely N-dealkylation sites (tertiary alicyclic amines) is 1. The molecule has 2 aromatic heterocycles. The molecule has 0 aromatic carbocycles. The number of hydrogen-bond donors (Lipinski definition) is 0. The van der Waals surface area contributed by atoms with Crippen LogP contribution in [-0.4, -0.2) is 38.4 Å². The van der Waals surface area contributed by atoms with Crippen molar-refractivity contribution >= 4 is 5.91 Å². The van der Waals surface area contributed by atoms with E-state index in [9.17, 15) is 4.79 Å². The van der Waals surface area contributed by atoms with Gasteiger partial charge in [0.2, 0.25) is 5.91 Å². The monoisotopic (exact) mass is 338 g/mol. The number of aromatic nitrogens is 3. The van der Waals surface area contributed by atoms with Gasteiger partial charge in [-0.25, -0.2) is 4.98 Å². The van der Waals surface area contributed by atoms with Crippen molar-refractivity contribution in [3.05, 3.63) is 36.4 Å². The maximum Gasteiger partial charge on any atom is 0.225 e. The van der Waals surface area contributed by atoms with Gasteiger partial charge in [0.05, 0.1) is 0 Å². The van der Waals surface area contributed by atoms with Gasteiger partial charge in [0.1, 0.15) is 5.82 Å². The maximum atomic E-state index is 12.6. The third-order valence-electron chi connectivity index (χ3n) is 5.77. The highest BCUT2D eigenvalue weighted by Gasteiger charge is 2.31. The normalized spacial score (nSPS) is 19.5. The van der Waals surface area contributed by atoms with Crippen LogP contribution in [0.2, 0.25) is 0 Å². The summed E-state index contributed by atoms with van der Waals surface area (Å²) >= 11 is 0. The fraction of sp³-hybridized carbons (Fsp3) is 0.550. The topological polar surface area (TPSA) is 51.0 Å². The van der Waals surface area contributed by atoms with Crippen molar-refractivity contribution < 1.29 is 4.79 Å². The highest BCUT2D eigenvalue weighted by atomic mass is 16.2. The zero-order valence-corrected chi connectivity index (χ0v) is 14.9. The molecular formula is C20H26N4O. The molecule has 4 rings (SSSR count). The van der Waals surface area contributed by atoms with E-state index in [0.717, 1.165) is 50.2 Å². The molecule has 1 aliphatic heterocycles. The molecule has 2 aromatic rings. The zero-order chi connectivity index (χ0) is 17.2. The molecule has 1 aliphatic carbocycles. The van der Waals surface area contributed by atoms with Gasteiger partial charge in [-0.3, -0.25) is 9.78 Å². The van der Waals surface area contributed by atoms with E-state index in [1.54, 1.807) is 0 Å². The molecule has 0 bridgehead atoms. The molecule has 0 unspecified atom stereocenters. The van der Waals surface area contributed by atoms with Crippen LogP contribution in [0, 0.1) is 12.8 Å². The van der Waals surface area contributed by atoms with E-state index in [-0.39, 0.29) is 0 Å². The molecule has 2 aliphatic rings. The van der Waals surface area contributed by atoms with Gasteiger partial charge in [0, 0.05) is 54.9 Å². The molecule has 132 valence electrons. The number of imidazole rings is 1. The third kappa shape index (κ3) is 3.20. The molecule has 0 spiro atoms. The van der Waals surface area contributed by atoms with Gasteiger partial charge in [-0.1, -0.05) is 12.8 Å². The lowest BCUT2D eigenvalue weighted by Gasteiger charge is -2.35. The standard InChI is InChI=1S/C20H26N4O/c1-15-14-22-19(16-6-10-21-11-7-16)24(15)18-8-12-23(13-9-18)20(25)17-4-2-3-5-17/h6-7,10-11,14,17-18H,2-5,8-9,12-13H2,1H3. The fourth-order valence-electron chi connectivity index (χ4n) is 4.40. The van der Waals surface area contributed by atoms with Crippen LogP contribution in [-0.2, 0) is 4.79 Å². The Labute approximate surface area is 149 Å². The van der Waals surface area contributed by atoms with E-state index in [2.05, 4.69) is 26.4 Å². The number of pyridine rings is 1. The molecular weight excluding hydrogens is 312 g/mol. The van der Waals surface area contributed by atoms with Gasteiger partial charge in [0.25, 0.3) is 0 Å². The van der Waals surface area contributed by atoms with Crippen molar-refractivity contribution in [1.82, 2.24) is 19.4 Å². The second-order valence-corrected chi connectivity index (χ2v) is 7.37. The number of carbonyl (C=O) groups excluding carboxylic acids is 1. The highest BCUT2D eigenvalue weighted by molar-refractivity contribution is 5.79. The van der Waals surface area contributed by atoms with Crippen LogP contribution in [0.5, 0.6) is 0 Å². The lowest BCUT2D eigenvalue weighted by Crippen LogP contribution is -2.41. The van der Waals surface area contributed by atoms with Crippen molar-refractivity contribution in [3.8, 4) is 11.4 Å². The summed E-state index contributed by atoms with van der Waals surface area (Å²) in [7, 11) is 0. The molecule has 1 saturated carbocycles. The molecule has 5 heteroatoms. The van der Waals surface area contributed by atoms with Crippen LogP contribution in [0.15, 0.2) is 30.7 Å². The van der Waals surface area contributed by atoms with Crippen LogP contribution >= 0.6 is 0 Å². The van der Waals surface area contributed by atoms with Crippen LogP contribution in [0.1, 0.15) is 50.3 Å². The molecule has 0 N–H and O–H groups in total. The highest BCUT2D eigenvalue weighted by Crippen LogP contribution is 2.32. The molecule has 0 radical (unpaired) electrons. The fourth-order valence-corrected chi connectivity index (χ4v) is 4.40. The van der Waals surface area contributed by atoms with E-state index in [4.69, 9.17) is 0 Å². The quantitative estimate of drug-likeness (QED) is 0.859. The largest absolute Gasteiger partial charge is 0.342 e. The van der Waals surface area contributed by atoms with Crippen molar-refractivity contribution in [2.75, 3.05) is 13.1 Å². The van der Waals surface area contributed by atoms with Gasteiger partial charge in [0.15, 0.2) is 0 Å². The average molecular weight is 338 g/mol. The molecule has 3 heterocycles. The van der Waals surface area contributed by atoms with E-state index in [1.807, 2.05) is 30.7 Å². The molecule has 1 amide bonds. The number of aryl methyl sites for hydroxylation is 1. The van der Waals surface area contributed by atoms with E-state index >= 15 is 0 Å². The minimum atomic E-state index is 0.291. The Balaban J connectivity index is 1.48. The van der Waals surface area contributed by atoms with E-state index in [1.165, 1.54) is 18.5 Å². The van der Waals surface area contributed by atoms with Crippen molar-refractivity contribution in [1.29, 1.82) is 0 Å². The second kappa shape index (κ2) is 6.98. The Morgan fingerprint density at radius 2 is 1.76 bits per heavy atom. The summed E-state index contributed by atoms with van der Waals surface area (Å²) in [6, 6.07) is 4.44. The predicted octanol–water partition coefficient (Wildman–Crippen LogP) is 3.61. The minimum absolute atomic E-state index is 0.291. The van der Waals surface area contributed by atoms with Gasteiger partial charge in [-0.05, 0) is 44.7 Å². The van der Waals surface area contributed by atoms with Crippen LogP contribution in [0.25, 0.3) is 11.4 Å². The summed E-state index contributed by atoms with van der Waals surface area (Å²) in [6.45, 7) is 3.86. The Kier molecular flexibility index (Phi) is 4.55. The Morgan fingerprint density at radius 3 is 2.44 bits per heavy atom. The van der Waals surface area contributed by atoms with Crippen molar-refractivity contribution in [2.45, 2.75) is 51.5 Å². The summed E-state index contributed by atoms with van der Waals surface area (Å²) in [6.07, 6.45) is 12.2. The van der Waals surface area contributed by atoms with Crippen LogP contribution in [0.4, 0.5) is 0 Å². The van der Waals surface area contributed by atoms with Crippen LogP contribution in [0.3, 0.4) is 0 Å². The molecule has 5 nitrogen and oxygen atoms in total. The van der Waals surface area contributed by atoms with Gasteiger partial charge >= 0.3 is 0 Å².